The third-order valence-electron chi connectivity index (χ3n) is 4.63. The van der Waals surface area contributed by atoms with Crippen LogP contribution in [0, 0.1) is 0 Å². The molecular formula is C18H16BI. The summed E-state index contributed by atoms with van der Waals surface area (Å²) in [6, 6.07) is 9.04. The zero-order valence-electron chi connectivity index (χ0n) is 11.4. The molecule has 2 heteroatoms. The van der Waals surface area contributed by atoms with Crippen LogP contribution in [-0.4, -0.2) is 6.71 Å². The normalized spacial score (nSPS) is 23.8. The maximum Gasteiger partial charge on any atom is 0.237 e. The Morgan fingerprint density at radius 2 is 2.00 bits per heavy atom. The van der Waals surface area contributed by atoms with Gasteiger partial charge in [-0.15, -0.1) is 0 Å². The van der Waals surface area contributed by atoms with E-state index in [9.17, 15) is 0 Å². The van der Waals surface area contributed by atoms with E-state index in [0.717, 1.165) is 0 Å². The highest BCUT2D eigenvalue weighted by Crippen LogP contribution is 2.43. The number of fused-ring (bicyclic) bond motifs is 3. The number of allylic oxidation sites excluding steroid dienone is 8. The first-order chi connectivity index (χ1) is 9.84. The molecule has 0 nitrogen and oxygen atoms in total. The van der Waals surface area contributed by atoms with Crippen molar-refractivity contribution < 1.29 is 0 Å². The first kappa shape index (κ1) is 12.7. The quantitative estimate of drug-likeness (QED) is 0.505. The van der Waals surface area contributed by atoms with E-state index in [1.54, 1.807) is 11.0 Å². The van der Waals surface area contributed by atoms with Crippen LogP contribution in [0.5, 0.6) is 0 Å². The van der Waals surface area contributed by atoms with Gasteiger partial charge in [0, 0.05) is 5.92 Å². The van der Waals surface area contributed by atoms with Gasteiger partial charge >= 0.3 is 0 Å². The van der Waals surface area contributed by atoms with Crippen LogP contribution < -0.4 is 5.46 Å². The molecule has 1 aliphatic heterocycles. The van der Waals surface area contributed by atoms with Gasteiger partial charge in [0.2, 0.25) is 6.71 Å². The van der Waals surface area contributed by atoms with Crippen LogP contribution in [0.1, 0.15) is 30.7 Å². The van der Waals surface area contributed by atoms with E-state index in [1.807, 2.05) is 0 Å². The fourth-order valence-electron chi connectivity index (χ4n) is 3.76. The Bertz CT molecular complexity index is 678. The van der Waals surface area contributed by atoms with Crippen molar-refractivity contribution in [3.05, 3.63) is 74.7 Å². The monoisotopic (exact) mass is 370 g/mol. The number of rotatable bonds is 1. The summed E-state index contributed by atoms with van der Waals surface area (Å²) < 4.78 is 1.47. The first-order valence-electron chi connectivity index (χ1n) is 7.36. The Morgan fingerprint density at radius 3 is 2.85 bits per heavy atom. The molecule has 0 saturated heterocycles. The van der Waals surface area contributed by atoms with Gasteiger partial charge in [-0.1, -0.05) is 71.1 Å². The molecule has 0 bridgehead atoms. The van der Waals surface area contributed by atoms with Crippen LogP contribution in [-0.2, 0) is 0 Å². The molecule has 98 valence electrons. The molecule has 0 aromatic heterocycles. The molecule has 0 saturated carbocycles. The molecule has 3 aliphatic rings. The van der Waals surface area contributed by atoms with Crippen LogP contribution in [0.25, 0.3) is 0 Å². The average molecular weight is 370 g/mol. The number of benzene rings is 1. The van der Waals surface area contributed by atoms with Gasteiger partial charge < -0.3 is 0 Å². The van der Waals surface area contributed by atoms with E-state index in [2.05, 4.69) is 77.2 Å². The van der Waals surface area contributed by atoms with Gasteiger partial charge in [0.25, 0.3) is 0 Å². The Balaban J connectivity index is 1.88. The van der Waals surface area contributed by atoms with E-state index in [1.165, 1.54) is 33.8 Å². The third-order valence-corrected chi connectivity index (χ3v) is 5.43. The van der Waals surface area contributed by atoms with E-state index < -0.39 is 0 Å². The fraction of sp³-hybridized carbons (Fsp3) is 0.222. The fourth-order valence-corrected chi connectivity index (χ4v) is 4.38. The Labute approximate surface area is 134 Å². The molecule has 1 atom stereocenters. The van der Waals surface area contributed by atoms with Crippen molar-refractivity contribution in [3.8, 4) is 0 Å². The van der Waals surface area contributed by atoms with Crippen molar-refractivity contribution in [1.29, 1.82) is 0 Å². The van der Waals surface area contributed by atoms with Gasteiger partial charge in [-0.05, 0) is 51.0 Å². The third kappa shape index (κ3) is 1.96. The van der Waals surface area contributed by atoms with Crippen molar-refractivity contribution in [3.63, 3.8) is 0 Å². The van der Waals surface area contributed by atoms with Gasteiger partial charge in [0.15, 0.2) is 0 Å². The lowest BCUT2D eigenvalue weighted by Gasteiger charge is -2.21. The standard InChI is InChI=1S/C18H16BI/c20-14-10-11-18-16(12-14)15-8-4-5-9-17(15)19(18)13-6-2-1-3-7-13/h2,4-11,16H,1,3,12H2. The van der Waals surface area contributed by atoms with Crippen molar-refractivity contribution in [1.82, 2.24) is 0 Å². The van der Waals surface area contributed by atoms with E-state index in [4.69, 9.17) is 0 Å². The smallest absolute Gasteiger partial charge is 0.0889 e. The zero-order valence-corrected chi connectivity index (χ0v) is 13.5. The summed E-state index contributed by atoms with van der Waals surface area (Å²) in [5.74, 6) is 0.601. The van der Waals surface area contributed by atoms with Crippen LogP contribution in [0.15, 0.2) is 69.2 Å². The summed E-state index contributed by atoms with van der Waals surface area (Å²) >= 11 is 2.48. The van der Waals surface area contributed by atoms with Crippen LogP contribution in [0.4, 0.5) is 0 Å². The van der Waals surface area contributed by atoms with Crippen molar-refractivity contribution in [2.45, 2.75) is 25.2 Å². The lowest BCUT2D eigenvalue weighted by molar-refractivity contribution is 0.847. The predicted molar refractivity (Wildman–Crippen MR) is 95.8 cm³/mol. The molecule has 1 heterocycles. The van der Waals surface area contributed by atoms with Crippen LogP contribution in [0.2, 0.25) is 0 Å². The van der Waals surface area contributed by atoms with E-state index >= 15 is 0 Å². The molecule has 0 spiro atoms. The average Bonchev–Trinajstić information content (AvgIpc) is 2.82. The largest absolute Gasteiger partial charge is 0.237 e. The maximum atomic E-state index is 2.48. The second kappa shape index (κ2) is 5.07. The molecule has 2 aliphatic carbocycles. The highest BCUT2D eigenvalue weighted by atomic mass is 127. The summed E-state index contributed by atoms with van der Waals surface area (Å²) in [4.78, 5) is 0. The van der Waals surface area contributed by atoms with Crippen molar-refractivity contribution >= 4 is 34.8 Å². The van der Waals surface area contributed by atoms with Crippen molar-refractivity contribution in [2.24, 2.45) is 0 Å². The molecule has 1 unspecified atom stereocenters. The first-order valence-corrected chi connectivity index (χ1v) is 8.44. The van der Waals surface area contributed by atoms with Crippen LogP contribution >= 0.6 is 22.6 Å². The molecule has 0 N–H and O–H groups in total. The minimum absolute atomic E-state index is 0.494. The minimum atomic E-state index is 0.494. The Kier molecular flexibility index (Phi) is 3.22. The zero-order chi connectivity index (χ0) is 13.5. The molecular weight excluding hydrogens is 354 g/mol. The van der Waals surface area contributed by atoms with Gasteiger partial charge in [0.05, 0.1) is 0 Å². The van der Waals surface area contributed by atoms with Crippen molar-refractivity contribution in [2.75, 3.05) is 0 Å². The highest BCUT2D eigenvalue weighted by molar-refractivity contribution is 14.1. The van der Waals surface area contributed by atoms with Crippen LogP contribution in [0.3, 0.4) is 0 Å². The summed E-state index contributed by atoms with van der Waals surface area (Å²) in [6.45, 7) is 0.494. The predicted octanol–water partition coefficient (Wildman–Crippen LogP) is 4.49. The Hall–Kier alpha value is -1.03. The summed E-state index contributed by atoms with van der Waals surface area (Å²) in [5, 5.41) is 0. The molecule has 1 aromatic rings. The topological polar surface area (TPSA) is 0 Å². The lowest BCUT2D eigenvalue weighted by Crippen LogP contribution is -2.31. The number of hydrogen-bond acceptors (Lipinski definition) is 0. The molecule has 1 aromatic carbocycles. The second-order valence-electron chi connectivity index (χ2n) is 5.78. The molecule has 4 rings (SSSR count). The highest BCUT2D eigenvalue weighted by Gasteiger charge is 2.40. The number of halogens is 1. The SMILES string of the molecule is IC1=CC=C2B(C3=CCCC=C3)c3ccccc3C2C1. The number of hydrogen-bond donors (Lipinski definition) is 0. The minimum Gasteiger partial charge on any atom is -0.0889 e. The van der Waals surface area contributed by atoms with E-state index in [-0.39, 0.29) is 0 Å². The second-order valence-corrected chi connectivity index (χ2v) is 7.17. The van der Waals surface area contributed by atoms with Gasteiger partial charge in [-0.2, -0.15) is 0 Å². The summed E-state index contributed by atoms with van der Waals surface area (Å²) in [6.07, 6.45) is 15.4. The molecule has 0 amide bonds. The Morgan fingerprint density at radius 1 is 1.10 bits per heavy atom. The summed E-state index contributed by atoms with van der Waals surface area (Å²) in [5.41, 5.74) is 6.18. The molecule has 20 heavy (non-hydrogen) atoms. The van der Waals surface area contributed by atoms with Gasteiger partial charge in [0.1, 0.15) is 0 Å². The lowest BCUT2D eigenvalue weighted by atomic mass is 9.37. The van der Waals surface area contributed by atoms with Gasteiger partial charge in [-0.25, -0.2) is 0 Å². The molecule has 0 fully saturated rings. The van der Waals surface area contributed by atoms with E-state index in [0.29, 0.717) is 12.6 Å². The molecule has 0 radical (unpaired) electrons. The van der Waals surface area contributed by atoms with Gasteiger partial charge in [-0.3, -0.25) is 0 Å². The summed E-state index contributed by atoms with van der Waals surface area (Å²) in [7, 11) is 0. The maximum absolute atomic E-state index is 2.48.